The van der Waals surface area contributed by atoms with Crippen LogP contribution in [0.3, 0.4) is 0 Å². The minimum Gasteiger partial charge on any atom is -0.508 e. The zero-order valence-electron chi connectivity index (χ0n) is 16.7. The zero-order chi connectivity index (χ0) is 23.2. The number of amides is 2. The first-order chi connectivity index (χ1) is 14.5. The standard InChI is InChI=1S/C21H23F3N3O4/c1-12(27-20(31)17(25)10-13-6-8-14(28)9-7-13)19(30)26-11-18(29)15-4-2-3-5-16(15)21(22,23)24/h3-9,12,17,28H,2,10-11,25H2,1H3,(H,26,30)(H,27,31)/t12-,17+/m1/s1. The molecule has 0 saturated carbocycles. The highest BCUT2D eigenvalue weighted by molar-refractivity contribution is 6.02. The number of carbonyl (C=O) groups excluding carboxylic acids is 3. The van der Waals surface area contributed by atoms with Gasteiger partial charge in [-0.1, -0.05) is 24.3 Å². The Kier molecular flexibility index (Phi) is 7.98. The number of phenolic OH excluding ortho intramolecular Hbond substituents is 1. The Labute approximate surface area is 177 Å². The predicted molar refractivity (Wildman–Crippen MR) is 107 cm³/mol. The van der Waals surface area contributed by atoms with Crippen LogP contribution in [0.1, 0.15) is 18.9 Å². The number of hydrogen-bond acceptors (Lipinski definition) is 5. The molecule has 167 valence electrons. The minimum atomic E-state index is -4.68. The summed E-state index contributed by atoms with van der Waals surface area (Å²) in [5.41, 5.74) is 4.98. The molecule has 0 heterocycles. The predicted octanol–water partition coefficient (Wildman–Crippen LogP) is 1.48. The summed E-state index contributed by atoms with van der Waals surface area (Å²) in [4.78, 5) is 36.5. The lowest BCUT2D eigenvalue weighted by atomic mass is 9.93. The van der Waals surface area contributed by atoms with Crippen molar-refractivity contribution in [3.63, 3.8) is 0 Å². The molecule has 31 heavy (non-hydrogen) atoms. The van der Waals surface area contributed by atoms with Crippen LogP contribution in [0.25, 0.3) is 0 Å². The van der Waals surface area contributed by atoms with E-state index in [9.17, 15) is 32.7 Å². The van der Waals surface area contributed by atoms with Crippen LogP contribution in [0.4, 0.5) is 13.2 Å². The van der Waals surface area contributed by atoms with Gasteiger partial charge in [0.2, 0.25) is 11.8 Å². The van der Waals surface area contributed by atoms with Gasteiger partial charge in [0.05, 0.1) is 18.2 Å². The third kappa shape index (κ3) is 6.95. The number of Topliss-reactive ketones (excluding diaryl/α,β-unsaturated/α-hetero) is 1. The molecule has 1 aromatic carbocycles. The van der Waals surface area contributed by atoms with Crippen LogP contribution >= 0.6 is 0 Å². The van der Waals surface area contributed by atoms with Crippen molar-refractivity contribution in [2.45, 2.75) is 38.0 Å². The van der Waals surface area contributed by atoms with Gasteiger partial charge in [0.15, 0.2) is 5.78 Å². The van der Waals surface area contributed by atoms with Crippen molar-refractivity contribution in [3.8, 4) is 5.75 Å². The first-order valence-corrected chi connectivity index (χ1v) is 9.45. The molecule has 0 bridgehead atoms. The maximum Gasteiger partial charge on any atom is 0.416 e. The van der Waals surface area contributed by atoms with Gasteiger partial charge in [0, 0.05) is 5.57 Å². The second-order valence-electron chi connectivity index (χ2n) is 7.02. The number of carbonyl (C=O) groups is 3. The van der Waals surface area contributed by atoms with E-state index in [2.05, 4.69) is 10.6 Å². The summed E-state index contributed by atoms with van der Waals surface area (Å²) in [6.45, 7) is 0.721. The van der Waals surface area contributed by atoms with E-state index in [1.54, 1.807) is 12.1 Å². The number of nitrogens with one attached hydrogen (secondary N) is 2. The summed E-state index contributed by atoms with van der Waals surface area (Å²) in [5, 5.41) is 13.9. The van der Waals surface area contributed by atoms with Crippen molar-refractivity contribution >= 4 is 17.6 Å². The van der Waals surface area contributed by atoms with Gasteiger partial charge in [-0.25, -0.2) is 0 Å². The highest BCUT2D eigenvalue weighted by Crippen LogP contribution is 2.33. The summed E-state index contributed by atoms with van der Waals surface area (Å²) in [6, 6.07) is 4.08. The maximum absolute atomic E-state index is 13.0. The molecule has 0 saturated heterocycles. The maximum atomic E-state index is 13.0. The van der Waals surface area contributed by atoms with Crippen LogP contribution in [0.2, 0.25) is 0 Å². The zero-order valence-corrected chi connectivity index (χ0v) is 16.7. The van der Waals surface area contributed by atoms with Gasteiger partial charge in [-0.2, -0.15) is 13.2 Å². The number of allylic oxidation sites excluding steroid dienone is 3. The highest BCUT2D eigenvalue weighted by Gasteiger charge is 2.37. The number of halogens is 3. The summed E-state index contributed by atoms with van der Waals surface area (Å²) in [6.07, 6.45) is -1.05. The molecule has 0 aliphatic heterocycles. The number of alkyl halides is 3. The van der Waals surface area contributed by atoms with Gasteiger partial charge in [0.25, 0.3) is 0 Å². The average molecular weight is 438 g/mol. The summed E-state index contributed by atoms with van der Waals surface area (Å²) < 4.78 is 39.1. The number of ketones is 1. The SMILES string of the molecule is C[C@@H](NC(=O)[C@@H](N)Cc1ccc(O)cc1)C(=O)NCC(=O)C1=C(C(F)(F)F)C=CC[CH]1. The molecule has 1 aliphatic carbocycles. The van der Waals surface area contributed by atoms with E-state index in [0.717, 1.165) is 12.5 Å². The first-order valence-electron chi connectivity index (χ1n) is 9.45. The molecule has 0 aromatic heterocycles. The Hall–Kier alpha value is -3.14. The molecular formula is C21H23F3N3O4. The molecule has 5 N–H and O–H groups in total. The van der Waals surface area contributed by atoms with E-state index < -0.39 is 53.5 Å². The molecule has 2 rings (SSSR count). The van der Waals surface area contributed by atoms with Crippen LogP contribution in [0, 0.1) is 6.42 Å². The third-order valence-corrected chi connectivity index (χ3v) is 4.54. The number of rotatable bonds is 8. The quantitative estimate of drug-likeness (QED) is 0.490. The van der Waals surface area contributed by atoms with Crippen LogP contribution in [-0.2, 0) is 20.8 Å². The van der Waals surface area contributed by atoms with Crippen molar-refractivity contribution in [2.75, 3.05) is 6.54 Å². The van der Waals surface area contributed by atoms with Gasteiger partial charge in [-0.3, -0.25) is 14.4 Å². The Morgan fingerprint density at radius 3 is 2.42 bits per heavy atom. The Balaban J connectivity index is 1.88. The second-order valence-corrected chi connectivity index (χ2v) is 7.02. The lowest BCUT2D eigenvalue weighted by Gasteiger charge is -2.19. The fourth-order valence-electron chi connectivity index (χ4n) is 2.86. The molecule has 2 amide bonds. The van der Waals surface area contributed by atoms with Crippen LogP contribution in [0.5, 0.6) is 5.75 Å². The Morgan fingerprint density at radius 2 is 1.81 bits per heavy atom. The summed E-state index contributed by atoms with van der Waals surface area (Å²) in [5.74, 6) is -2.16. The Morgan fingerprint density at radius 1 is 1.16 bits per heavy atom. The van der Waals surface area contributed by atoms with Crippen LogP contribution in [0.15, 0.2) is 47.6 Å². The largest absolute Gasteiger partial charge is 0.508 e. The monoisotopic (exact) mass is 438 g/mol. The molecule has 0 unspecified atom stereocenters. The van der Waals surface area contributed by atoms with E-state index in [1.807, 2.05) is 0 Å². The third-order valence-electron chi connectivity index (χ3n) is 4.54. The van der Waals surface area contributed by atoms with Gasteiger partial charge in [-0.05, 0) is 43.9 Å². The van der Waals surface area contributed by atoms with Gasteiger partial charge in [-0.15, -0.1) is 0 Å². The number of hydrogen-bond donors (Lipinski definition) is 4. The number of nitrogens with two attached hydrogens (primary N) is 1. The lowest BCUT2D eigenvalue weighted by Crippen LogP contribution is -2.51. The molecule has 10 heteroatoms. The lowest BCUT2D eigenvalue weighted by molar-refractivity contribution is -0.129. The Bertz CT molecular complexity index is 892. The van der Waals surface area contributed by atoms with E-state index in [0.29, 0.717) is 5.56 Å². The van der Waals surface area contributed by atoms with Crippen molar-refractivity contribution in [1.82, 2.24) is 10.6 Å². The molecule has 2 atom stereocenters. The van der Waals surface area contributed by atoms with Crippen molar-refractivity contribution in [3.05, 3.63) is 59.5 Å². The second kappa shape index (κ2) is 10.3. The summed E-state index contributed by atoms with van der Waals surface area (Å²) in [7, 11) is 0. The fraction of sp³-hybridized carbons (Fsp3) is 0.333. The normalized spacial score (nSPS) is 15.9. The van der Waals surface area contributed by atoms with Crippen molar-refractivity contribution in [1.29, 1.82) is 0 Å². The summed E-state index contributed by atoms with van der Waals surface area (Å²) >= 11 is 0. The van der Waals surface area contributed by atoms with Crippen LogP contribution in [-0.4, -0.2) is 47.5 Å². The van der Waals surface area contributed by atoms with E-state index in [1.165, 1.54) is 25.1 Å². The molecule has 1 aromatic rings. The minimum absolute atomic E-state index is 0.0709. The van der Waals surface area contributed by atoms with E-state index >= 15 is 0 Å². The van der Waals surface area contributed by atoms with Gasteiger partial charge >= 0.3 is 6.18 Å². The highest BCUT2D eigenvalue weighted by atomic mass is 19.4. The molecular weight excluding hydrogens is 415 g/mol. The fourth-order valence-corrected chi connectivity index (χ4v) is 2.86. The van der Waals surface area contributed by atoms with E-state index in [4.69, 9.17) is 5.73 Å². The van der Waals surface area contributed by atoms with E-state index in [-0.39, 0.29) is 18.6 Å². The topological polar surface area (TPSA) is 122 Å². The first kappa shape index (κ1) is 24.1. The van der Waals surface area contributed by atoms with Gasteiger partial charge in [0.1, 0.15) is 11.8 Å². The number of aromatic hydroxyl groups is 1. The molecule has 0 spiro atoms. The van der Waals surface area contributed by atoms with Crippen molar-refractivity contribution in [2.24, 2.45) is 5.73 Å². The average Bonchev–Trinajstić information content (AvgIpc) is 2.72. The van der Waals surface area contributed by atoms with Crippen LogP contribution < -0.4 is 16.4 Å². The number of benzene rings is 1. The molecule has 7 nitrogen and oxygen atoms in total. The smallest absolute Gasteiger partial charge is 0.416 e. The van der Waals surface area contributed by atoms with Gasteiger partial charge < -0.3 is 21.5 Å². The molecule has 0 fully saturated rings. The molecule has 1 aliphatic rings. The number of phenols is 1. The van der Waals surface area contributed by atoms with Crippen molar-refractivity contribution < 1.29 is 32.7 Å². The molecule has 1 radical (unpaired) electrons.